The van der Waals surface area contributed by atoms with Gasteiger partial charge in [0.25, 0.3) is 5.91 Å². The van der Waals surface area contributed by atoms with Crippen LogP contribution >= 0.6 is 23.8 Å². The average molecular weight is 449 g/mol. The summed E-state index contributed by atoms with van der Waals surface area (Å²) in [5, 5.41) is 5.35. The summed E-state index contributed by atoms with van der Waals surface area (Å²) in [4.78, 5) is 35.4. The molecular formula is C20H21ClN4O4S. The number of hydrogen-bond acceptors (Lipinski definition) is 5. The first-order valence-corrected chi connectivity index (χ1v) is 9.79. The maximum atomic E-state index is 11.8. The van der Waals surface area contributed by atoms with E-state index in [1.165, 1.54) is 0 Å². The van der Waals surface area contributed by atoms with Crippen LogP contribution in [0.5, 0.6) is 5.75 Å². The van der Waals surface area contributed by atoms with Gasteiger partial charge in [0.2, 0.25) is 11.8 Å². The van der Waals surface area contributed by atoms with Crippen LogP contribution in [0.15, 0.2) is 54.6 Å². The third-order valence-corrected chi connectivity index (χ3v) is 4.19. The highest BCUT2D eigenvalue weighted by Crippen LogP contribution is 2.22. The van der Waals surface area contributed by atoms with E-state index in [4.69, 9.17) is 28.6 Å². The Bertz CT molecular complexity index is 895. The predicted octanol–water partition coefficient (Wildman–Crippen LogP) is 1.84. The zero-order chi connectivity index (χ0) is 21.8. The Morgan fingerprint density at radius 1 is 0.867 bits per heavy atom. The lowest BCUT2D eigenvalue weighted by Crippen LogP contribution is -2.49. The van der Waals surface area contributed by atoms with Crippen LogP contribution in [0.25, 0.3) is 0 Å². The van der Waals surface area contributed by atoms with Crippen molar-refractivity contribution in [2.24, 2.45) is 0 Å². The van der Waals surface area contributed by atoms with E-state index in [1.807, 2.05) is 30.3 Å². The van der Waals surface area contributed by atoms with Crippen molar-refractivity contribution in [2.75, 3.05) is 6.61 Å². The molecule has 0 unspecified atom stereocenters. The molecule has 0 spiro atoms. The molecule has 3 amide bonds. The Morgan fingerprint density at radius 2 is 1.53 bits per heavy atom. The molecule has 30 heavy (non-hydrogen) atoms. The van der Waals surface area contributed by atoms with Crippen LogP contribution in [-0.2, 0) is 20.9 Å². The first-order valence-electron chi connectivity index (χ1n) is 9.00. The summed E-state index contributed by atoms with van der Waals surface area (Å²) in [5.41, 5.74) is 5.67. The molecular weight excluding hydrogens is 428 g/mol. The SMILES string of the molecule is O=C(CCC(=O)NNC(=S)NC(=O)COc1ccccc1Cl)NCc1ccccc1. The third kappa shape index (κ3) is 8.89. The molecule has 0 heterocycles. The molecule has 0 atom stereocenters. The molecule has 0 aliphatic heterocycles. The number of amides is 3. The Morgan fingerprint density at radius 3 is 2.27 bits per heavy atom. The minimum atomic E-state index is -0.526. The Kier molecular flexibility index (Phi) is 9.56. The van der Waals surface area contributed by atoms with Crippen molar-refractivity contribution < 1.29 is 19.1 Å². The van der Waals surface area contributed by atoms with Gasteiger partial charge >= 0.3 is 0 Å². The van der Waals surface area contributed by atoms with Crippen molar-refractivity contribution in [1.29, 1.82) is 0 Å². The highest BCUT2D eigenvalue weighted by Gasteiger charge is 2.10. The fourth-order valence-corrected chi connectivity index (χ4v) is 2.56. The van der Waals surface area contributed by atoms with Crippen LogP contribution in [0.3, 0.4) is 0 Å². The summed E-state index contributed by atoms with van der Waals surface area (Å²) >= 11 is 10.8. The van der Waals surface area contributed by atoms with E-state index in [1.54, 1.807) is 24.3 Å². The standard InChI is InChI=1S/C20H21ClN4O4S/c21-15-8-4-5-9-16(15)29-13-19(28)23-20(30)25-24-18(27)11-10-17(26)22-12-14-6-2-1-3-7-14/h1-9H,10-13H2,(H,22,26)(H,24,27)(H2,23,25,28,30). The van der Waals surface area contributed by atoms with Gasteiger partial charge in [-0.2, -0.15) is 0 Å². The number of para-hydroxylation sites is 1. The van der Waals surface area contributed by atoms with E-state index in [2.05, 4.69) is 21.5 Å². The van der Waals surface area contributed by atoms with Gasteiger partial charge in [0.15, 0.2) is 11.7 Å². The lowest BCUT2D eigenvalue weighted by molar-refractivity contribution is -0.126. The highest BCUT2D eigenvalue weighted by atomic mass is 35.5. The summed E-state index contributed by atoms with van der Waals surface area (Å²) in [6.07, 6.45) is -0.0229. The van der Waals surface area contributed by atoms with Crippen molar-refractivity contribution in [3.05, 3.63) is 65.2 Å². The summed E-state index contributed by atoms with van der Waals surface area (Å²) in [7, 11) is 0. The number of carbonyl (C=O) groups is 3. The monoisotopic (exact) mass is 448 g/mol. The second kappa shape index (κ2) is 12.4. The maximum Gasteiger partial charge on any atom is 0.264 e. The fraction of sp³-hybridized carbons (Fsp3) is 0.200. The third-order valence-electron chi connectivity index (χ3n) is 3.68. The molecule has 8 nitrogen and oxygen atoms in total. The van der Waals surface area contributed by atoms with E-state index in [9.17, 15) is 14.4 Å². The summed E-state index contributed by atoms with van der Waals surface area (Å²) in [5.74, 6) is -0.857. The van der Waals surface area contributed by atoms with Crippen molar-refractivity contribution in [1.82, 2.24) is 21.5 Å². The van der Waals surface area contributed by atoms with E-state index in [-0.39, 0.29) is 30.5 Å². The van der Waals surface area contributed by atoms with Crippen LogP contribution < -0.4 is 26.2 Å². The summed E-state index contributed by atoms with van der Waals surface area (Å²) in [6, 6.07) is 16.2. The second-order valence-electron chi connectivity index (χ2n) is 6.03. The van der Waals surface area contributed by atoms with Gasteiger partial charge in [-0.25, -0.2) is 0 Å². The van der Waals surface area contributed by atoms with Crippen molar-refractivity contribution in [3.8, 4) is 5.75 Å². The lowest BCUT2D eigenvalue weighted by Gasteiger charge is -2.12. The second-order valence-corrected chi connectivity index (χ2v) is 6.85. The predicted molar refractivity (Wildman–Crippen MR) is 116 cm³/mol. The van der Waals surface area contributed by atoms with Gasteiger partial charge in [0.05, 0.1) is 5.02 Å². The first kappa shape index (κ1) is 23.1. The molecule has 0 fully saturated rings. The van der Waals surface area contributed by atoms with Gasteiger partial charge < -0.3 is 10.1 Å². The smallest absolute Gasteiger partial charge is 0.264 e. The highest BCUT2D eigenvalue weighted by molar-refractivity contribution is 7.80. The topological polar surface area (TPSA) is 109 Å². The molecule has 0 saturated heterocycles. The number of benzene rings is 2. The van der Waals surface area contributed by atoms with Gasteiger partial charge in [-0.05, 0) is 29.9 Å². The van der Waals surface area contributed by atoms with Gasteiger partial charge in [0.1, 0.15) is 5.75 Å². The molecule has 4 N–H and O–H groups in total. The number of hydrogen-bond donors (Lipinski definition) is 4. The van der Waals surface area contributed by atoms with Crippen LogP contribution in [0.2, 0.25) is 5.02 Å². The zero-order valence-corrected chi connectivity index (χ0v) is 17.5. The zero-order valence-electron chi connectivity index (χ0n) is 15.9. The van der Waals surface area contributed by atoms with Crippen molar-refractivity contribution in [3.63, 3.8) is 0 Å². The van der Waals surface area contributed by atoms with E-state index >= 15 is 0 Å². The van der Waals surface area contributed by atoms with Gasteiger partial charge in [-0.15, -0.1) is 0 Å². The number of ether oxygens (including phenoxy) is 1. The molecule has 0 aromatic heterocycles. The van der Waals surface area contributed by atoms with Crippen LogP contribution in [0, 0.1) is 0 Å². The van der Waals surface area contributed by atoms with Crippen LogP contribution in [-0.4, -0.2) is 29.4 Å². The minimum Gasteiger partial charge on any atom is -0.482 e. The van der Waals surface area contributed by atoms with Crippen molar-refractivity contribution in [2.45, 2.75) is 19.4 Å². The lowest BCUT2D eigenvalue weighted by atomic mass is 10.2. The number of nitrogens with one attached hydrogen (secondary N) is 4. The molecule has 0 radical (unpaired) electrons. The number of thiocarbonyl (C=S) groups is 1. The molecule has 2 aromatic carbocycles. The van der Waals surface area contributed by atoms with E-state index in [0.717, 1.165) is 5.56 Å². The molecule has 0 aliphatic rings. The van der Waals surface area contributed by atoms with Gasteiger partial charge in [-0.1, -0.05) is 54.1 Å². The normalized spacial score (nSPS) is 9.90. The number of hydrazine groups is 1. The van der Waals surface area contributed by atoms with E-state index in [0.29, 0.717) is 17.3 Å². The van der Waals surface area contributed by atoms with E-state index < -0.39 is 11.8 Å². The number of rotatable bonds is 8. The Labute approximate surface area is 184 Å². The minimum absolute atomic E-state index is 0.0190. The average Bonchev–Trinajstić information content (AvgIpc) is 2.75. The largest absolute Gasteiger partial charge is 0.482 e. The number of halogens is 1. The molecule has 0 saturated carbocycles. The number of carbonyl (C=O) groups excluding carboxylic acids is 3. The first-order chi connectivity index (χ1) is 14.4. The molecule has 158 valence electrons. The Hall–Kier alpha value is -3.17. The fourth-order valence-electron chi connectivity index (χ4n) is 2.20. The summed E-state index contributed by atoms with van der Waals surface area (Å²) in [6.45, 7) is 0.0903. The quantitative estimate of drug-likeness (QED) is 0.362. The van der Waals surface area contributed by atoms with Crippen molar-refractivity contribution >= 4 is 46.7 Å². The molecule has 2 rings (SSSR count). The van der Waals surface area contributed by atoms with Gasteiger partial charge in [0, 0.05) is 19.4 Å². The van der Waals surface area contributed by atoms with Crippen LogP contribution in [0.4, 0.5) is 0 Å². The Balaban J connectivity index is 1.58. The van der Waals surface area contributed by atoms with Crippen LogP contribution in [0.1, 0.15) is 18.4 Å². The summed E-state index contributed by atoms with van der Waals surface area (Å²) < 4.78 is 5.28. The molecule has 0 aliphatic carbocycles. The van der Waals surface area contributed by atoms with Gasteiger partial charge in [-0.3, -0.25) is 30.6 Å². The molecule has 0 bridgehead atoms. The molecule has 10 heteroatoms. The molecule has 2 aromatic rings. The maximum absolute atomic E-state index is 11.8.